The zero-order valence-electron chi connectivity index (χ0n) is 6.18. The Kier molecular flexibility index (Phi) is 1.94. The smallest absolute Gasteiger partial charge is 0.0256 e. The molecule has 0 spiro atoms. The monoisotopic (exact) mass is 174 g/mol. The number of fused-ring (bicyclic) bond motifs is 1. The van der Waals surface area contributed by atoms with Crippen molar-refractivity contribution in [2.24, 2.45) is 0 Å². The molecule has 1 aliphatic carbocycles. The van der Waals surface area contributed by atoms with Gasteiger partial charge in [-0.05, 0) is 25.0 Å². The lowest BCUT2D eigenvalue weighted by atomic mass is 9.86. The minimum atomic E-state index is 0.447. The predicted octanol–water partition coefficient (Wildman–Crippen LogP) is 2.73. The lowest BCUT2D eigenvalue weighted by molar-refractivity contribution is 0.419. The van der Waals surface area contributed by atoms with Gasteiger partial charge in [0.2, 0.25) is 0 Å². The molecule has 2 unspecified atom stereocenters. The third kappa shape index (κ3) is 1.10. The molecule has 2 rings (SSSR count). The molecule has 1 aliphatic heterocycles. The minimum absolute atomic E-state index is 0.447. The number of hydrogen-bond donors (Lipinski definition) is 1. The van der Waals surface area contributed by atoms with E-state index in [9.17, 15) is 0 Å². The van der Waals surface area contributed by atoms with Crippen LogP contribution in [-0.4, -0.2) is 15.7 Å². The third-order valence-electron chi connectivity index (χ3n) is 2.78. The van der Waals surface area contributed by atoms with E-state index in [1.54, 1.807) is 0 Å². The average molecular weight is 174 g/mol. The molecule has 0 aromatic heterocycles. The highest BCUT2D eigenvalue weighted by molar-refractivity contribution is 8.01. The van der Waals surface area contributed by atoms with E-state index >= 15 is 0 Å². The molecule has 2 aliphatic rings. The van der Waals surface area contributed by atoms with Crippen LogP contribution in [-0.2, 0) is 0 Å². The van der Waals surface area contributed by atoms with Crippen molar-refractivity contribution in [2.45, 2.75) is 42.1 Å². The fourth-order valence-electron chi connectivity index (χ4n) is 2.09. The standard InChI is InChI=1S/C8H14S2/c9-8-4-2-1-3-7(8)10-6-5-8/h7,9H,1-6H2. The van der Waals surface area contributed by atoms with Gasteiger partial charge in [0.25, 0.3) is 0 Å². The molecule has 0 amide bonds. The van der Waals surface area contributed by atoms with Crippen molar-refractivity contribution in [3.05, 3.63) is 0 Å². The zero-order valence-corrected chi connectivity index (χ0v) is 7.89. The van der Waals surface area contributed by atoms with E-state index in [2.05, 4.69) is 11.8 Å². The quantitative estimate of drug-likeness (QED) is 0.551. The van der Waals surface area contributed by atoms with Crippen LogP contribution in [0.4, 0.5) is 0 Å². The van der Waals surface area contributed by atoms with Gasteiger partial charge in [-0.15, -0.1) is 0 Å². The molecular weight excluding hydrogens is 160 g/mol. The van der Waals surface area contributed by atoms with Gasteiger partial charge in [-0.1, -0.05) is 12.8 Å². The van der Waals surface area contributed by atoms with Gasteiger partial charge < -0.3 is 0 Å². The fraction of sp³-hybridized carbons (Fsp3) is 1.00. The van der Waals surface area contributed by atoms with Crippen molar-refractivity contribution in [1.29, 1.82) is 0 Å². The van der Waals surface area contributed by atoms with Gasteiger partial charge in [-0.3, -0.25) is 0 Å². The van der Waals surface area contributed by atoms with Crippen molar-refractivity contribution in [3.8, 4) is 0 Å². The first-order chi connectivity index (χ1) is 4.81. The molecule has 0 nitrogen and oxygen atoms in total. The minimum Gasteiger partial charge on any atom is -0.171 e. The lowest BCUT2D eigenvalue weighted by Crippen LogP contribution is -2.33. The molecule has 0 aromatic rings. The van der Waals surface area contributed by atoms with Gasteiger partial charge in [0, 0.05) is 10.00 Å². The Hall–Kier alpha value is 0.700. The second-order valence-electron chi connectivity index (χ2n) is 3.46. The fourth-order valence-corrected chi connectivity index (χ4v) is 4.51. The van der Waals surface area contributed by atoms with Crippen molar-refractivity contribution in [1.82, 2.24) is 0 Å². The van der Waals surface area contributed by atoms with Crippen LogP contribution in [0.25, 0.3) is 0 Å². The summed E-state index contributed by atoms with van der Waals surface area (Å²) in [6, 6.07) is 0. The summed E-state index contributed by atoms with van der Waals surface area (Å²) in [5, 5.41) is 0.893. The molecule has 0 N–H and O–H groups in total. The maximum absolute atomic E-state index is 4.79. The van der Waals surface area contributed by atoms with Gasteiger partial charge in [0.1, 0.15) is 0 Å². The van der Waals surface area contributed by atoms with Crippen LogP contribution in [0.2, 0.25) is 0 Å². The maximum atomic E-state index is 4.79. The van der Waals surface area contributed by atoms with Crippen LogP contribution >= 0.6 is 24.4 Å². The highest BCUT2D eigenvalue weighted by Crippen LogP contribution is 2.48. The Labute approximate surface area is 72.6 Å². The van der Waals surface area contributed by atoms with E-state index < -0.39 is 0 Å². The molecule has 0 aromatic carbocycles. The Morgan fingerprint density at radius 1 is 1.30 bits per heavy atom. The summed E-state index contributed by atoms with van der Waals surface area (Å²) < 4.78 is 0.447. The van der Waals surface area contributed by atoms with Crippen LogP contribution < -0.4 is 0 Å². The molecule has 58 valence electrons. The largest absolute Gasteiger partial charge is 0.171 e. The van der Waals surface area contributed by atoms with Gasteiger partial charge >= 0.3 is 0 Å². The lowest BCUT2D eigenvalue weighted by Gasteiger charge is -2.33. The number of hydrogen-bond acceptors (Lipinski definition) is 2. The molecule has 10 heavy (non-hydrogen) atoms. The van der Waals surface area contributed by atoms with Crippen LogP contribution in [0, 0.1) is 0 Å². The van der Waals surface area contributed by atoms with Crippen LogP contribution in [0.5, 0.6) is 0 Å². The topological polar surface area (TPSA) is 0 Å². The average Bonchev–Trinajstić information content (AvgIpc) is 2.29. The molecule has 0 radical (unpaired) electrons. The molecule has 1 heterocycles. The molecule has 2 fully saturated rings. The van der Waals surface area contributed by atoms with Gasteiger partial charge in [0.05, 0.1) is 0 Å². The van der Waals surface area contributed by atoms with Crippen LogP contribution in [0.1, 0.15) is 32.1 Å². The Morgan fingerprint density at radius 2 is 2.20 bits per heavy atom. The maximum Gasteiger partial charge on any atom is 0.0256 e. The van der Waals surface area contributed by atoms with E-state index in [0.717, 1.165) is 5.25 Å². The molecule has 1 saturated heterocycles. The number of rotatable bonds is 0. The summed E-state index contributed by atoms with van der Waals surface area (Å²) in [6.07, 6.45) is 7.01. The van der Waals surface area contributed by atoms with Gasteiger partial charge in [-0.2, -0.15) is 24.4 Å². The van der Waals surface area contributed by atoms with Gasteiger partial charge in [0.15, 0.2) is 0 Å². The van der Waals surface area contributed by atoms with E-state index in [4.69, 9.17) is 12.6 Å². The predicted molar refractivity (Wildman–Crippen MR) is 51.0 cm³/mol. The molecular formula is C8H14S2. The van der Waals surface area contributed by atoms with E-state index in [-0.39, 0.29) is 0 Å². The summed E-state index contributed by atoms with van der Waals surface area (Å²) in [7, 11) is 0. The van der Waals surface area contributed by atoms with Crippen molar-refractivity contribution >= 4 is 24.4 Å². The Morgan fingerprint density at radius 3 is 3.00 bits per heavy atom. The third-order valence-corrected chi connectivity index (χ3v) is 5.24. The summed E-state index contributed by atoms with van der Waals surface area (Å²) >= 11 is 6.94. The summed E-state index contributed by atoms with van der Waals surface area (Å²) in [5.74, 6) is 1.36. The summed E-state index contributed by atoms with van der Waals surface area (Å²) in [4.78, 5) is 0. The van der Waals surface area contributed by atoms with Crippen LogP contribution in [0.15, 0.2) is 0 Å². The normalized spacial score (nSPS) is 47.1. The van der Waals surface area contributed by atoms with Crippen molar-refractivity contribution in [3.63, 3.8) is 0 Å². The second-order valence-corrected chi connectivity index (χ2v) is 5.66. The van der Waals surface area contributed by atoms with Gasteiger partial charge in [-0.25, -0.2) is 0 Å². The van der Waals surface area contributed by atoms with E-state index in [1.165, 1.54) is 37.9 Å². The number of thioether (sulfide) groups is 1. The molecule has 1 saturated carbocycles. The highest BCUT2D eigenvalue weighted by atomic mass is 32.2. The van der Waals surface area contributed by atoms with Crippen LogP contribution in [0.3, 0.4) is 0 Å². The summed E-state index contributed by atoms with van der Waals surface area (Å²) in [6.45, 7) is 0. The second kappa shape index (κ2) is 2.63. The SMILES string of the molecule is SC12CCCCC1SCC2. The number of thiol groups is 1. The van der Waals surface area contributed by atoms with Crippen molar-refractivity contribution < 1.29 is 0 Å². The highest BCUT2D eigenvalue weighted by Gasteiger charge is 2.41. The first kappa shape index (κ1) is 7.35. The Balaban J connectivity index is 2.10. The molecule has 0 bridgehead atoms. The Bertz CT molecular complexity index is 135. The first-order valence-electron chi connectivity index (χ1n) is 4.15. The molecule has 2 heteroatoms. The summed E-state index contributed by atoms with van der Waals surface area (Å²) in [5.41, 5.74) is 0. The van der Waals surface area contributed by atoms with Crippen molar-refractivity contribution in [2.75, 3.05) is 5.75 Å². The first-order valence-corrected chi connectivity index (χ1v) is 5.65. The van der Waals surface area contributed by atoms with E-state index in [1.807, 2.05) is 0 Å². The zero-order chi connectivity index (χ0) is 7.03. The molecule has 2 atom stereocenters. The van der Waals surface area contributed by atoms with E-state index in [0.29, 0.717) is 4.75 Å².